The summed E-state index contributed by atoms with van der Waals surface area (Å²) in [4.78, 5) is 0.248. The first-order valence-electron chi connectivity index (χ1n) is 6.52. The van der Waals surface area contributed by atoms with Gasteiger partial charge in [0.1, 0.15) is 0 Å². The molecule has 2 aromatic carbocycles. The fraction of sp³-hybridized carbons (Fsp3) is 0.200. The van der Waals surface area contributed by atoms with E-state index >= 15 is 0 Å². The molecule has 0 amide bonds. The highest BCUT2D eigenvalue weighted by atomic mass is 32.2. The molecule has 0 spiro atoms. The Morgan fingerprint density at radius 2 is 1.71 bits per heavy atom. The van der Waals surface area contributed by atoms with E-state index in [1.165, 1.54) is 4.31 Å². The standard InChI is InChI=1S/C15H19N3O2S/c1-12-5-3-4-6-13(12)11-18(2)21(19,20)15-9-7-14(17-16)8-10-15/h3-10,17H,11,16H2,1-2H3. The minimum atomic E-state index is -3.51. The Kier molecular flexibility index (Phi) is 4.62. The Morgan fingerprint density at radius 1 is 1.10 bits per heavy atom. The van der Waals surface area contributed by atoms with E-state index in [9.17, 15) is 8.42 Å². The third-order valence-corrected chi connectivity index (χ3v) is 5.20. The Morgan fingerprint density at radius 3 is 2.29 bits per heavy atom. The van der Waals surface area contributed by atoms with Crippen molar-refractivity contribution in [2.45, 2.75) is 18.4 Å². The van der Waals surface area contributed by atoms with Crippen LogP contribution in [-0.2, 0) is 16.6 Å². The second-order valence-electron chi connectivity index (χ2n) is 4.86. The number of hydrazine groups is 1. The van der Waals surface area contributed by atoms with Crippen LogP contribution in [0.2, 0.25) is 0 Å². The lowest BCUT2D eigenvalue weighted by Crippen LogP contribution is -2.26. The molecule has 0 bridgehead atoms. The Hall–Kier alpha value is -1.89. The molecular formula is C15H19N3O2S. The number of nitrogens with two attached hydrogens (primary N) is 1. The van der Waals surface area contributed by atoms with Crippen LogP contribution in [0.5, 0.6) is 0 Å². The zero-order valence-electron chi connectivity index (χ0n) is 12.1. The van der Waals surface area contributed by atoms with E-state index < -0.39 is 10.0 Å². The number of hydrogen-bond acceptors (Lipinski definition) is 4. The number of aryl methyl sites for hydroxylation is 1. The summed E-state index contributed by atoms with van der Waals surface area (Å²) in [5, 5.41) is 0. The molecule has 112 valence electrons. The molecule has 3 N–H and O–H groups in total. The number of hydrogen-bond donors (Lipinski definition) is 2. The molecule has 0 aliphatic carbocycles. The third-order valence-electron chi connectivity index (χ3n) is 3.38. The largest absolute Gasteiger partial charge is 0.324 e. The summed E-state index contributed by atoms with van der Waals surface area (Å²) < 4.78 is 26.4. The van der Waals surface area contributed by atoms with Crippen molar-refractivity contribution in [1.29, 1.82) is 0 Å². The summed E-state index contributed by atoms with van der Waals surface area (Å²) in [6.45, 7) is 2.31. The van der Waals surface area contributed by atoms with E-state index in [-0.39, 0.29) is 4.90 Å². The molecule has 0 atom stereocenters. The second kappa shape index (κ2) is 6.26. The highest BCUT2D eigenvalue weighted by Crippen LogP contribution is 2.19. The SMILES string of the molecule is Cc1ccccc1CN(C)S(=O)(=O)c1ccc(NN)cc1. The molecule has 0 saturated carbocycles. The molecular weight excluding hydrogens is 286 g/mol. The summed E-state index contributed by atoms with van der Waals surface area (Å²) in [5.74, 6) is 5.28. The average molecular weight is 305 g/mol. The molecule has 0 heterocycles. The van der Waals surface area contributed by atoms with E-state index in [4.69, 9.17) is 5.84 Å². The maximum atomic E-state index is 12.5. The zero-order chi connectivity index (χ0) is 15.5. The second-order valence-corrected chi connectivity index (χ2v) is 6.90. The predicted octanol–water partition coefficient (Wildman–Crippen LogP) is 2.10. The molecule has 5 nitrogen and oxygen atoms in total. The quantitative estimate of drug-likeness (QED) is 0.655. The third kappa shape index (κ3) is 3.41. The van der Waals surface area contributed by atoms with Gasteiger partial charge in [-0.2, -0.15) is 4.31 Å². The van der Waals surface area contributed by atoms with Gasteiger partial charge < -0.3 is 5.43 Å². The Bertz CT molecular complexity index is 712. The number of rotatable bonds is 5. The lowest BCUT2D eigenvalue weighted by molar-refractivity contribution is 0.466. The normalized spacial score (nSPS) is 11.6. The minimum absolute atomic E-state index is 0.248. The first-order chi connectivity index (χ1) is 9.95. The van der Waals surface area contributed by atoms with Crippen molar-refractivity contribution in [1.82, 2.24) is 4.31 Å². The van der Waals surface area contributed by atoms with Crippen LogP contribution in [0, 0.1) is 6.92 Å². The van der Waals surface area contributed by atoms with Crippen LogP contribution in [0.3, 0.4) is 0 Å². The average Bonchev–Trinajstić information content (AvgIpc) is 2.49. The van der Waals surface area contributed by atoms with Gasteiger partial charge in [-0.05, 0) is 42.3 Å². The van der Waals surface area contributed by atoms with Gasteiger partial charge in [0.25, 0.3) is 0 Å². The highest BCUT2D eigenvalue weighted by Gasteiger charge is 2.21. The maximum absolute atomic E-state index is 12.5. The van der Waals surface area contributed by atoms with Gasteiger partial charge in [-0.3, -0.25) is 5.84 Å². The smallest absolute Gasteiger partial charge is 0.243 e. The van der Waals surface area contributed by atoms with Crippen molar-refractivity contribution in [2.75, 3.05) is 12.5 Å². The summed E-state index contributed by atoms with van der Waals surface area (Å²) in [5.41, 5.74) is 5.20. The van der Waals surface area contributed by atoms with Gasteiger partial charge in [0, 0.05) is 19.3 Å². The topological polar surface area (TPSA) is 75.4 Å². The van der Waals surface area contributed by atoms with Crippen molar-refractivity contribution >= 4 is 15.7 Å². The predicted molar refractivity (Wildman–Crippen MR) is 84.1 cm³/mol. The van der Waals surface area contributed by atoms with Gasteiger partial charge in [-0.1, -0.05) is 24.3 Å². The fourth-order valence-electron chi connectivity index (χ4n) is 2.02. The molecule has 2 rings (SSSR count). The first-order valence-corrected chi connectivity index (χ1v) is 7.96. The summed E-state index contributed by atoms with van der Waals surface area (Å²) >= 11 is 0. The highest BCUT2D eigenvalue weighted by molar-refractivity contribution is 7.89. The Balaban J connectivity index is 2.24. The molecule has 6 heteroatoms. The fourth-order valence-corrected chi connectivity index (χ4v) is 3.16. The molecule has 0 aliphatic heterocycles. The van der Waals surface area contributed by atoms with Gasteiger partial charge in [0.2, 0.25) is 10.0 Å². The number of anilines is 1. The van der Waals surface area contributed by atoms with Crippen LogP contribution in [0.25, 0.3) is 0 Å². The summed E-state index contributed by atoms with van der Waals surface area (Å²) in [6.07, 6.45) is 0. The first kappa shape index (κ1) is 15.5. The number of sulfonamides is 1. The van der Waals surface area contributed by atoms with Crippen LogP contribution in [0.1, 0.15) is 11.1 Å². The van der Waals surface area contributed by atoms with E-state index in [0.29, 0.717) is 12.2 Å². The molecule has 0 radical (unpaired) electrons. The number of benzene rings is 2. The monoisotopic (exact) mass is 305 g/mol. The van der Waals surface area contributed by atoms with Crippen molar-refractivity contribution in [3.63, 3.8) is 0 Å². The van der Waals surface area contributed by atoms with Crippen LogP contribution in [0.4, 0.5) is 5.69 Å². The van der Waals surface area contributed by atoms with E-state index in [1.807, 2.05) is 31.2 Å². The van der Waals surface area contributed by atoms with Crippen molar-refractivity contribution in [3.05, 3.63) is 59.7 Å². The van der Waals surface area contributed by atoms with E-state index in [2.05, 4.69) is 5.43 Å². The van der Waals surface area contributed by atoms with Gasteiger partial charge in [-0.25, -0.2) is 8.42 Å². The molecule has 0 saturated heterocycles. The van der Waals surface area contributed by atoms with Gasteiger partial charge in [0.15, 0.2) is 0 Å². The molecule has 0 aromatic heterocycles. The molecule has 0 fully saturated rings. The van der Waals surface area contributed by atoms with Crippen LogP contribution in [-0.4, -0.2) is 19.8 Å². The van der Waals surface area contributed by atoms with Crippen molar-refractivity contribution in [2.24, 2.45) is 5.84 Å². The van der Waals surface area contributed by atoms with E-state index in [0.717, 1.165) is 11.1 Å². The van der Waals surface area contributed by atoms with Crippen molar-refractivity contribution in [3.8, 4) is 0 Å². The van der Waals surface area contributed by atoms with Crippen molar-refractivity contribution < 1.29 is 8.42 Å². The zero-order valence-corrected chi connectivity index (χ0v) is 12.9. The van der Waals surface area contributed by atoms with Gasteiger partial charge in [-0.15, -0.1) is 0 Å². The summed E-state index contributed by atoms with van der Waals surface area (Å²) in [7, 11) is -1.93. The lowest BCUT2D eigenvalue weighted by Gasteiger charge is -2.18. The van der Waals surface area contributed by atoms with Crippen LogP contribution >= 0.6 is 0 Å². The van der Waals surface area contributed by atoms with Gasteiger partial charge in [0.05, 0.1) is 4.90 Å². The lowest BCUT2D eigenvalue weighted by atomic mass is 10.1. The van der Waals surface area contributed by atoms with E-state index in [1.54, 1.807) is 31.3 Å². The summed E-state index contributed by atoms with van der Waals surface area (Å²) in [6, 6.07) is 14.1. The Labute approximate surface area is 125 Å². The minimum Gasteiger partial charge on any atom is -0.324 e. The van der Waals surface area contributed by atoms with Gasteiger partial charge >= 0.3 is 0 Å². The molecule has 21 heavy (non-hydrogen) atoms. The number of nitrogens with one attached hydrogen (secondary N) is 1. The van der Waals surface area contributed by atoms with Crippen LogP contribution in [0.15, 0.2) is 53.4 Å². The molecule has 2 aromatic rings. The molecule has 0 unspecified atom stereocenters. The molecule has 0 aliphatic rings. The maximum Gasteiger partial charge on any atom is 0.243 e. The number of nitrogen functional groups attached to an aromatic ring is 1. The van der Waals surface area contributed by atoms with Crippen LogP contribution < -0.4 is 11.3 Å². The number of nitrogens with zero attached hydrogens (tertiary/aromatic N) is 1.